The second kappa shape index (κ2) is 5.48. The molecule has 1 N–H and O–H groups in total. The lowest BCUT2D eigenvalue weighted by Crippen LogP contribution is -2.26. The topological polar surface area (TPSA) is 50.7 Å². The molecule has 4 heteroatoms. The van der Waals surface area contributed by atoms with Crippen molar-refractivity contribution >= 4 is 11.8 Å². The van der Waals surface area contributed by atoms with Crippen LogP contribution in [-0.2, 0) is 0 Å². The molecule has 4 nitrogen and oxygen atoms in total. The Kier molecular flexibility index (Phi) is 4.26. The molecule has 0 unspecified atom stereocenters. The number of rotatable bonds is 2. The predicted octanol–water partition coefficient (Wildman–Crippen LogP) is 3.20. The van der Waals surface area contributed by atoms with E-state index in [-0.39, 0.29) is 5.41 Å². The van der Waals surface area contributed by atoms with Crippen LogP contribution in [0.25, 0.3) is 0 Å². The maximum Gasteiger partial charge on any atom is 0.433 e. The summed E-state index contributed by atoms with van der Waals surface area (Å²) in [5, 5.41) is 3.98. The molecule has 0 spiro atoms. The SMILES string of the molecule is C/C(=N\NC(=O)Oc1ccccc1)C(C)(C)C. The van der Waals surface area contributed by atoms with Crippen LogP contribution in [0.1, 0.15) is 27.7 Å². The van der Waals surface area contributed by atoms with E-state index >= 15 is 0 Å². The van der Waals surface area contributed by atoms with E-state index in [1.165, 1.54) is 0 Å². The summed E-state index contributed by atoms with van der Waals surface area (Å²) < 4.78 is 5.02. The van der Waals surface area contributed by atoms with Gasteiger partial charge in [-0.2, -0.15) is 5.10 Å². The number of benzene rings is 1. The van der Waals surface area contributed by atoms with Crippen molar-refractivity contribution in [2.45, 2.75) is 27.7 Å². The number of hydrogen-bond acceptors (Lipinski definition) is 3. The van der Waals surface area contributed by atoms with Gasteiger partial charge in [0, 0.05) is 11.1 Å². The number of para-hydroxylation sites is 1. The Labute approximate surface area is 102 Å². The summed E-state index contributed by atoms with van der Waals surface area (Å²) >= 11 is 0. The monoisotopic (exact) mass is 234 g/mol. The molecule has 1 aromatic carbocycles. The molecule has 1 aromatic rings. The number of ether oxygens (including phenoxy) is 1. The zero-order chi connectivity index (χ0) is 12.9. The smallest absolute Gasteiger partial charge is 0.409 e. The molecule has 0 aliphatic heterocycles. The lowest BCUT2D eigenvalue weighted by molar-refractivity contribution is 0.201. The number of nitrogens with one attached hydrogen (secondary N) is 1. The van der Waals surface area contributed by atoms with Gasteiger partial charge in [0.25, 0.3) is 0 Å². The van der Waals surface area contributed by atoms with Crippen LogP contribution in [0.15, 0.2) is 35.4 Å². The minimum Gasteiger partial charge on any atom is -0.409 e. The Morgan fingerprint density at radius 3 is 2.35 bits per heavy atom. The van der Waals surface area contributed by atoms with Gasteiger partial charge in [0.05, 0.1) is 0 Å². The fraction of sp³-hybridized carbons (Fsp3) is 0.385. The predicted molar refractivity (Wildman–Crippen MR) is 68.2 cm³/mol. The molecule has 0 radical (unpaired) electrons. The average Bonchev–Trinajstić information content (AvgIpc) is 2.26. The summed E-state index contributed by atoms with van der Waals surface area (Å²) in [6.07, 6.45) is -0.584. The fourth-order valence-corrected chi connectivity index (χ4v) is 0.916. The van der Waals surface area contributed by atoms with E-state index in [9.17, 15) is 4.79 Å². The first kappa shape index (κ1) is 13.2. The van der Waals surface area contributed by atoms with Crippen LogP contribution in [0.5, 0.6) is 5.75 Å². The molecular weight excluding hydrogens is 216 g/mol. The van der Waals surface area contributed by atoms with Crippen LogP contribution in [0.4, 0.5) is 4.79 Å². The number of carbonyl (C=O) groups is 1. The Hall–Kier alpha value is -1.84. The maximum absolute atomic E-state index is 11.4. The highest BCUT2D eigenvalue weighted by atomic mass is 16.6. The molecule has 0 aliphatic carbocycles. The molecule has 17 heavy (non-hydrogen) atoms. The number of nitrogens with zero attached hydrogens (tertiary/aromatic N) is 1. The lowest BCUT2D eigenvalue weighted by Gasteiger charge is -2.17. The third-order valence-corrected chi connectivity index (χ3v) is 2.35. The summed E-state index contributed by atoms with van der Waals surface area (Å²) in [5.74, 6) is 0.494. The maximum atomic E-state index is 11.4. The number of hydrazone groups is 1. The van der Waals surface area contributed by atoms with E-state index in [1.807, 2.05) is 33.8 Å². The van der Waals surface area contributed by atoms with Crippen LogP contribution < -0.4 is 10.2 Å². The second-order valence-electron chi connectivity index (χ2n) is 4.76. The van der Waals surface area contributed by atoms with Crippen molar-refractivity contribution in [2.24, 2.45) is 10.5 Å². The first-order chi connectivity index (χ1) is 7.89. The van der Waals surface area contributed by atoms with Crippen molar-refractivity contribution in [3.8, 4) is 5.75 Å². The second-order valence-corrected chi connectivity index (χ2v) is 4.76. The fourth-order valence-electron chi connectivity index (χ4n) is 0.916. The van der Waals surface area contributed by atoms with Crippen LogP contribution >= 0.6 is 0 Å². The molecule has 1 rings (SSSR count). The molecule has 0 heterocycles. The van der Waals surface area contributed by atoms with E-state index in [1.54, 1.807) is 24.3 Å². The molecule has 0 saturated carbocycles. The van der Waals surface area contributed by atoms with Gasteiger partial charge in [-0.25, -0.2) is 10.2 Å². The van der Waals surface area contributed by atoms with Gasteiger partial charge in [-0.1, -0.05) is 39.0 Å². The Bertz CT molecular complexity index is 405. The zero-order valence-corrected chi connectivity index (χ0v) is 10.7. The Morgan fingerprint density at radius 1 is 1.24 bits per heavy atom. The Balaban J connectivity index is 2.52. The van der Waals surface area contributed by atoms with Gasteiger partial charge in [0.15, 0.2) is 0 Å². The highest BCUT2D eigenvalue weighted by Crippen LogP contribution is 2.15. The molecule has 0 aliphatic rings. The van der Waals surface area contributed by atoms with E-state index in [4.69, 9.17) is 4.74 Å². The zero-order valence-electron chi connectivity index (χ0n) is 10.7. The Morgan fingerprint density at radius 2 is 1.82 bits per heavy atom. The van der Waals surface area contributed by atoms with E-state index in [0.29, 0.717) is 5.75 Å². The summed E-state index contributed by atoms with van der Waals surface area (Å²) in [5.41, 5.74) is 3.13. The minimum absolute atomic E-state index is 0.0694. The number of amides is 1. The number of hydrogen-bond donors (Lipinski definition) is 1. The van der Waals surface area contributed by atoms with Crippen LogP contribution in [0, 0.1) is 5.41 Å². The van der Waals surface area contributed by atoms with Gasteiger partial charge >= 0.3 is 6.09 Å². The van der Waals surface area contributed by atoms with Gasteiger partial charge in [-0.05, 0) is 19.1 Å². The van der Waals surface area contributed by atoms with Gasteiger partial charge in [0.1, 0.15) is 5.75 Å². The van der Waals surface area contributed by atoms with Crippen LogP contribution in [0.3, 0.4) is 0 Å². The molecule has 0 saturated heterocycles. The summed E-state index contributed by atoms with van der Waals surface area (Å²) in [6, 6.07) is 8.87. The normalized spacial score (nSPS) is 12.1. The molecule has 0 aromatic heterocycles. The van der Waals surface area contributed by atoms with E-state index in [2.05, 4.69) is 10.5 Å². The quantitative estimate of drug-likeness (QED) is 0.631. The molecule has 0 bridgehead atoms. The molecule has 0 fully saturated rings. The minimum atomic E-state index is -0.584. The van der Waals surface area contributed by atoms with Gasteiger partial charge in [-0.15, -0.1) is 0 Å². The third-order valence-electron chi connectivity index (χ3n) is 2.35. The summed E-state index contributed by atoms with van der Waals surface area (Å²) in [6.45, 7) is 7.94. The summed E-state index contributed by atoms with van der Waals surface area (Å²) in [7, 11) is 0. The summed E-state index contributed by atoms with van der Waals surface area (Å²) in [4.78, 5) is 11.4. The highest BCUT2D eigenvalue weighted by molar-refractivity contribution is 5.87. The van der Waals surface area contributed by atoms with Crippen molar-refractivity contribution in [1.82, 2.24) is 5.43 Å². The lowest BCUT2D eigenvalue weighted by atomic mass is 9.91. The first-order valence-electron chi connectivity index (χ1n) is 5.47. The molecular formula is C13H18N2O2. The third kappa shape index (κ3) is 4.68. The number of carbonyl (C=O) groups excluding carboxylic acids is 1. The standard InChI is InChI=1S/C13H18N2O2/c1-10(13(2,3)4)14-15-12(16)17-11-8-6-5-7-9-11/h5-9H,1-4H3,(H,15,16)/b14-10+. The van der Waals surface area contributed by atoms with Crippen molar-refractivity contribution in [3.63, 3.8) is 0 Å². The van der Waals surface area contributed by atoms with Gasteiger partial charge in [-0.3, -0.25) is 0 Å². The van der Waals surface area contributed by atoms with Crippen molar-refractivity contribution in [2.75, 3.05) is 0 Å². The van der Waals surface area contributed by atoms with E-state index in [0.717, 1.165) is 5.71 Å². The van der Waals surface area contributed by atoms with Crippen molar-refractivity contribution < 1.29 is 9.53 Å². The molecule has 92 valence electrons. The van der Waals surface area contributed by atoms with Crippen molar-refractivity contribution in [1.29, 1.82) is 0 Å². The van der Waals surface area contributed by atoms with E-state index < -0.39 is 6.09 Å². The first-order valence-corrected chi connectivity index (χ1v) is 5.47. The average molecular weight is 234 g/mol. The largest absolute Gasteiger partial charge is 0.433 e. The van der Waals surface area contributed by atoms with Crippen LogP contribution in [-0.4, -0.2) is 11.8 Å². The highest BCUT2D eigenvalue weighted by Gasteiger charge is 2.14. The van der Waals surface area contributed by atoms with Gasteiger partial charge in [0.2, 0.25) is 0 Å². The van der Waals surface area contributed by atoms with Crippen LogP contribution in [0.2, 0.25) is 0 Å². The van der Waals surface area contributed by atoms with Gasteiger partial charge < -0.3 is 4.74 Å². The molecule has 0 atom stereocenters. The molecule has 1 amide bonds. The van der Waals surface area contributed by atoms with Crippen molar-refractivity contribution in [3.05, 3.63) is 30.3 Å².